The minimum atomic E-state index is -2.89. The van der Waals surface area contributed by atoms with Crippen molar-refractivity contribution in [2.45, 2.75) is 39.0 Å². The van der Waals surface area contributed by atoms with Crippen LogP contribution < -0.4 is 5.32 Å². The average Bonchev–Trinajstić information content (AvgIpc) is 2.78. The van der Waals surface area contributed by atoms with Crippen LogP contribution in [-0.2, 0) is 14.6 Å². The van der Waals surface area contributed by atoms with Crippen LogP contribution in [0.3, 0.4) is 0 Å². The molecule has 1 N–H and O–H groups in total. The van der Waals surface area contributed by atoms with Crippen LogP contribution in [0.25, 0.3) is 0 Å². The lowest BCUT2D eigenvalue weighted by molar-refractivity contribution is -0.132. The van der Waals surface area contributed by atoms with E-state index in [1.54, 1.807) is 0 Å². The molecule has 0 aromatic carbocycles. The van der Waals surface area contributed by atoms with Crippen molar-refractivity contribution in [1.82, 2.24) is 10.2 Å². The summed E-state index contributed by atoms with van der Waals surface area (Å²) in [5.41, 5.74) is 0. The lowest BCUT2D eigenvalue weighted by Crippen LogP contribution is -2.42. The Hall–Kier alpha value is -0.620. The molecule has 122 valence electrons. The summed E-state index contributed by atoms with van der Waals surface area (Å²) in [6.07, 6.45) is 4.37. The van der Waals surface area contributed by atoms with Crippen molar-refractivity contribution in [3.8, 4) is 0 Å². The summed E-state index contributed by atoms with van der Waals surface area (Å²) in [5, 5.41) is 3.39. The molecule has 2 aliphatic heterocycles. The number of hydrogen-bond donors (Lipinski definition) is 1. The van der Waals surface area contributed by atoms with Gasteiger partial charge < -0.3 is 10.2 Å². The van der Waals surface area contributed by atoms with E-state index in [1.807, 2.05) is 4.90 Å². The molecule has 2 saturated heterocycles. The highest BCUT2D eigenvalue weighted by molar-refractivity contribution is 7.91. The third kappa shape index (κ3) is 5.25. The number of nitrogens with one attached hydrogen (secondary N) is 1. The van der Waals surface area contributed by atoms with Gasteiger partial charge >= 0.3 is 0 Å². The van der Waals surface area contributed by atoms with E-state index in [-0.39, 0.29) is 23.3 Å². The van der Waals surface area contributed by atoms with Crippen LogP contribution in [0.5, 0.6) is 0 Å². The molecule has 5 nitrogen and oxygen atoms in total. The fraction of sp³-hybridized carbons (Fsp3) is 0.933. The first kappa shape index (κ1) is 16.7. The molecular weight excluding hydrogens is 288 g/mol. The number of hydrogen-bond acceptors (Lipinski definition) is 4. The molecule has 6 heteroatoms. The summed E-state index contributed by atoms with van der Waals surface area (Å²) in [7, 11) is -2.89. The Morgan fingerprint density at radius 3 is 2.67 bits per heavy atom. The van der Waals surface area contributed by atoms with Gasteiger partial charge in [0, 0.05) is 19.5 Å². The summed E-state index contributed by atoms with van der Waals surface area (Å²) < 4.78 is 23.0. The van der Waals surface area contributed by atoms with Crippen LogP contribution in [0.2, 0.25) is 0 Å². The smallest absolute Gasteiger partial charge is 0.222 e. The Labute approximate surface area is 128 Å². The highest BCUT2D eigenvalue weighted by Gasteiger charge is 2.31. The van der Waals surface area contributed by atoms with Crippen molar-refractivity contribution in [2.75, 3.05) is 37.7 Å². The molecule has 21 heavy (non-hydrogen) atoms. The molecule has 0 aromatic rings. The van der Waals surface area contributed by atoms with Crippen LogP contribution in [0.15, 0.2) is 0 Å². The van der Waals surface area contributed by atoms with E-state index in [0.29, 0.717) is 18.8 Å². The number of nitrogens with zero attached hydrogens (tertiary/aromatic N) is 1. The molecule has 0 saturated carbocycles. The first-order chi connectivity index (χ1) is 10.00. The summed E-state index contributed by atoms with van der Waals surface area (Å²) in [6.45, 7) is 5.76. The zero-order chi connectivity index (χ0) is 15.3. The standard InChI is InChI=1S/C15H28N2O3S/c1-2-7-17(11-14-4-3-6-16-10-14)15(18)9-13-5-8-21(19,20)12-13/h13-14,16H,2-12H2,1H3. The van der Waals surface area contributed by atoms with Gasteiger partial charge in [-0.2, -0.15) is 0 Å². The van der Waals surface area contributed by atoms with Gasteiger partial charge in [-0.25, -0.2) is 8.42 Å². The maximum Gasteiger partial charge on any atom is 0.222 e. The normalized spacial score (nSPS) is 28.4. The van der Waals surface area contributed by atoms with Gasteiger partial charge in [0.15, 0.2) is 9.84 Å². The second kappa shape index (κ2) is 7.58. The van der Waals surface area contributed by atoms with Crippen molar-refractivity contribution >= 4 is 15.7 Å². The maximum absolute atomic E-state index is 12.5. The Kier molecular flexibility index (Phi) is 6.05. The van der Waals surface area contributed by atoms with Gasteiger partial charge in [0.2, 0.25) is 5.91 Å². The molecule has 2 heterocycles. The van der Waals surface area contributed by atoms with E-state index in [4.69, 9.17) is 0 Å². The Morgan fingerprint density at radius 2 is 2.10 bits per heavy atom. The molecule has 0 aromatic heterocycles. The quantitative estimate of drug-likeness (QED) is 0.795. The van der Waals surface area contributed by atoms with Gasteiger partial charge in [0.25, 0.3) is 0 Å². The molecule has 1 amide bonds. The molecule has 2 atom stereocenters. The molecule has 2 fully saturated rings. The first-order valence-electron chi connectivity index (χ1n) is 8.19. The predicted molar refractivity (Wildman–Crippen MR) is 83.8 cm³/mol. The van der Waals surface area contributed by atoms with E-state index in [9.17, 15) is 13.2 Å². The van der Waals surface area contributed by atoms with Crippen molar-refractivity contribution in [2.24, 2.45) is 11.8 Å². The van der Waals surface area contributed by atoms with Gasteiger partial charge in [-0.05, 0) is 50.6 Å². The SMILES string of the molecule is CCCN(CC1CCCNC1)C(=O)CC1CCS(=O)(=O)C1. The van der Waals surface area contributed by atoms with E-state index in [2.05, 4.69) is 12.2 Å². The minimum Gasteiger partial charge on any atom is -0.342 e. The Bertz CT molecular complexity index is 444. The van der Waals surface area contributed by atoms with Crippen molar-refractivity contribution in [3.05, 3.63) is 0 Å². The third-order valence-corrected chi connectivity index (χ3v) is 6.35. The van der Waals surface area contributed by atoms with E-state index in [0.717, 1.165) is 32.6 Å². The lowest BCUT2D eigenvalue weighted by Gasteiger charge is -2.30. The number of sulfone groups is 1. The van der Waals surface area contributed by atoms with Gasteiger partial charge in [-0.15, -0.1) is 0 Å². The summed E-state index contributed by atoms with van der Waals surface area (Å²) in [6, 6.07) is 0. The van der Waals surface area contributed by atoms with Crippen molar-refractivity contribution < 1.29 is 13.2 Å². The number of rotatable bonds is 6. The fourth-order valence-electron chi connectivity index (χ4n) is 3.39. The number of piperidine rings is 1. The number of carbonyl (C=O) groups is 1. The molecule has 0 radical (unpaired) electrons. The molecular formula is C15H28N2O3S. The zero-order valence-corrected chi connectivity index (χ0v) is 13.8. The van der Waals surface area contributed by atoms with Gasteiger partial charge in [0.1, 0.15) is 0 Å². The predicted octanol–water partition coefficient (Wildman–Crippen LogP) is 1.05. The summed E-state index contributed by atoms with van der Waals surface area (Å²) >= 11 is 0. The average molecular weight is 316 g/mol. The largest absolute Gasteiger partial charge is 0.342 e. The molecule has 0 bridgehead atoms. The monoisotopic (exact) mass is 316 g/mol. The van der Waals surface area contributed by atoms with E-state index < -0.39 is 9.84 Å². The van der Waals surface area contributed by atoms with Gasteiger partial charge in [-0.3, -0.25) is 4.79 Å². The summed E-state index contributed by atoms with van der Waals surface area (Å²) in [5.74, 6) is 1.17. The van der Waals surface area contributed by atoms with Gasteiger partial charge in [-0.1, -0.05) is 6.92 Å². The number of carbonyl (C=O) groups excluding carboxylic acids is 1. The van der Waals surface area contributed by atoms with E-state index >= 15 is 0 Å². The maximum atomic E-state index is 12.5. The van der Waals surface area contributed by atoms with Gasteiger partial charge in [0.05, 0.1) is 11.5 Å². The molecule has 2 rings (SSSR count). The fourth-order valence-corrected chi connectivity index (χ4v) is 5.25. The molecule has 2 aliphatic rings. The highest BCUT2D eigenvalue weighted by Crippen LogP contribution is 2.23. The van der Waals surface area contributed by atoms with Crippen LogP contribution in [-0.4, -0.2) is 56.9 Å². The Morgan fingerprint density at radius 1 is 1.29 bits per heavy atom. The lowest BCUT2D eigenvalue weighted by atomic mass is 9.98. The van der Waals surface area contributed by atoms with Crippen molar-refractivity contribution in [1.29, 1.82) is 0 Å². The Balaban J connectivity index is 1.86. The molecule has 2 unspecified atom stereocenters. The summed E-state index contributed by atoms with van der Waals surface area (Å²) in [4.78, 5) is 14.4. The topological polar surface area (TPSA) is 66.5 Å². The molecule has 0 spiro atoms. The zero-order valence-electron chi connectivity index (χ0n) is 13.0. The van der Waals surface area contributed by atoms with E-state index in [1.165, 1.54) is 12.8 Å². The third-order valence-electron chi connectivity index (χ3n) is 4.51. The second-order valence-corrected chi connectivity index (χ2v) is 8.75. The van der Waals surface area contributed by atoms with Crippen LogP contribution in [0.1, 0.15) is 39.0 Å². The van der Waals surface area contributed by atoms with Crippen molar-refractivity contribution in [3.63, 3.8) is 0 Å². The number of amides is 1. The van der Waals surface area contributed by atoms with Crippen LogP contribution in [0.4, 0.5) is 0 Å². The van der Waals surface area contributed by atoms with Crippen LogP contribution in [0, 0.1) is 11.8 Å². The van der Waals surface area contributed by atoms with Crippen LogP contribution >= 0.6 is 0 Å². The molecule has 0 aliphatic carbocycles. The second-order valence-electron chi connectivity index (χ2n) is 6.53. The highest BCUT2D eigenvalue weighted by atomic mass is 32.2. The first-order valence-corrected chi connectivity index (χ1v) is 10.0. The minimum absolute atomic E-state index is 0.0336.